The van der Waals surface area contributed by atoms with Gasteiger partial charge in [-0.15, -0.1) is 0 Å². The summed E-state index contributed by atoms with van der Waals surface area (Å²) in [4.78, 5) is 0. The lowest BCUT2D eigenvalue weighted by Gasteiger charge is -2.15. The molecule has 1 aromatic carbocycles. The first-order chi connectivity index (χ1) is 6.32. The van der Waals surface area contributed by atoms with E-state index >= 15 is 0 Å². The molecule has 1 nitrogen and oxygen atoms in total. The standard InChI is InChI=1S/C8H6ClF4N/c9-5-3-4(1-2-6(5)10)7(14)8(11,12)13/h1-3,7H,14H2/t7-/m0/s1. The number of rotatable bonds is 1. The molecule has 2 N–H and O–H groups in total. The van der Waals surface area contributed by atoms with Gasteiger partial charge in [-0.05, 0) is 17.7 Å². The van der Waals surface area contributed by atoms with Crippen LogP contribution in [0.2, 0.25) is 5.02 Å². The molecule has 0 aromatic heterocycles. The SMILES string of the molecule is N[C@@H](c1ccc(F)c(Cl)c1)C(F)(F)F. The summed E-state index contributed by atoms with van der Waals surface area (Å²) >= 11 is 5.31. The summed E-state index contributed by atoms with van der Waals surface area (Å²) < 4.78 is 48.9. The van der Waals surface area contributed by atoms with Gasteiger partial charge in [-0.1, -0.05) is 17.7 Å². The van der Waals surface area contributed by atoms with E-state index in [0.29, 0.717) is 0 Å². The van der Waals surface area contributed by atoms with Crippen LogP contribution in [-0.2, 0) is 0 Å². The van der Waals surface area contributed by atoms with Crippen molar-refractivity contribution >= 4 is 11.6 Å². The maximum absolute atomic E-state index is 12.6. The molecule has 0 spiro atoms. The Morgan fingerprint density at radius 3 is 2.29 bits per heavy atom. The molecule has 0 bridgehead atoms. The summed E-state index contributed by atoms with van der Waals surface area (Å²) in [5.41, 5.74) is 4.62. The molecule has 0 fully saturated rings. The Labute approximate surface area is 82.5 Å². The highest BCUT2D eigenvalue weighted by atomic mass is 35.5. The Balaban J connectivity index is 3.03. The molecule has 0 radical (unpaired) electrons. The second-order valence-electron chi connectivity index (χ2n) is 2.69. The van der Waals surface area contributed by atoms with Gasteiger partial charge in [0, 0.05) is 0 Å². The van der Waals surface area contributed by atoms with Gasteiger partial charge in [-0.2, -0.15) is 13.2 Å². The fraction of sp³-hybridized carbons (Fsp3) is 0.250. The Bertz CT molecular complexity index is 337. The second-order valence-corrected chi connectivity index (χ2v) is 3.10. The van der Waals surface area contributed by atoms with Gasteiger partial charge >= 0.3 is 6.18 Å². The van der Waals surface area contributed by atoms with Gasteiger partial charge in [0.2, 0.25) is 0 Å². The fourth-order valence-electron chi connectivity index (χ4n) is 0.895. The van der Waals surface area contributed by atoms with Crippen LogP contribution in [0.1, 0.15) is 11.6 Å². The molecule has 6 heteroatoms. The van der Waals surface area contributed by atoms with Crippen LogP contribution in [0.15, 0.2) is 18.2 Å². The van der Waals surface area contributed by atoms with Crippen molar-refractivity contribution in [2.45, 2.75) is 12.2 Å². The molecule has 1 atom stereocenters. The topological polar surface area (TPSA) is 26.0 Å². The van der Waals surface area contributed by atoms with Crippen molar-refractivity contribution in [3.63, 3.8) is 0 Å². The Kier molecular flexibility index (Phi) is 3.01. The van der Waals surface area contributed by atoms with E-state index in [2.05, 4.69) is 0 Å². The van der Waals surface area contributed by atoms with Gasteiger partial charge in [-0.3, -0.25) is 0 Å². The van der Waals surface area contributed by atoms with E-state index in [0.717, 1.165) is 18.2 Å². The van der Waals surface area contributed by atoms with Crippen LogP contribution >= 0.6 is 11.6 Å². The van der Waals surface area contributed by atoms with Crippen molar-refractivity contribution in [2.24, 2.45) is 5.73 Å². The lowest BCUT2D eigenvalue weighted by molar-refractivity contribution is -0.149. The minimum absolute atomic E-state index is 0.260. The fourth-order valence-corrected chi connectivity index (χ4v) is 1.08. The molecule has 0 aliphatic carbocycles. The van der Waals surface area contributed by atoms with Crippen molar-refractivity contribution < 1.29 is 17.6 Å². The molecule has 1 rings (SSSR count). The summed E-state index contributed by atoms with van der Waals surface area (Å²) in [7, 11) is 0. The van der Waals surface area contributed by atoms with Crippen molar-refractivity contribution in [2.75, 3.05) is 0 Å². The van der Waals surface area contributed by atoms with E-state index in [-0.39, 0.29) is 10.6 Å². The lowest BCUT2D eigenvalue weighted by atomic mass is 10.1. The number of hydrogen-bond acceptors (Lipinski definition) is 1. The summed E-state index contributed by atoms with van der Waals surface area (Å²) in [6.07, 6.45) is -4.55. The number of halogens is 5. The predicted octanol–water partition coefficient (Wildman–Crippen LogP) is 3.04. The molecular weight excluding hydrogens is 222 g/mol. The zero-order chi connectivity index (χ0) is 10.9. The second kappa shape index (κ2) is 3.74. The van der Waals surface area contributed by atoms with Crippen LogP contribution < -0.4 is 5.73 Å². The zero-order valence-corrected chi connectivity index (χ0v) is 7.53. The molecule has 1 aromatic rings. The number of nitrogens with two attached hydrogens (primary N) is 1. The first kappa shape index (κ1) is 11.3. The molecule has 0 aliphatic rings. The molecule has 78 valence electrons. The molecule has 14 heavy (non-hydrogen) atoms. The number of hydrogen-bond donors (Lipinski definition) is 1. The molecule has 0 saturated carbocycles. The van der Waals surface area contributed by atoms with Gasteiger partial charge in [0.05, 0.1) is 5.02 Å². The van der Waals surface area contributed by atoms with Crippen LogP contribution in [0, 0.1) is 5.82 Å². The Hall–Kier alpha value is -0.810. The first-order valence-electron chi connectivity index (χ1n) is 3.59. The van der Waals surface area contributed by atoms with Gasteiger partial charge in [0.25, 0.3) is 0 Å². The Morgan fingerprint density at radius 2 is 1.86 bits per heavy atom. The van der Waals surface area contributed by atoms with E-state index in [4.69, 9.17) is 17.3 Å². The van der Waals surface area contributed by atoms with E-state index in [1.807, 2.05) is 0 Å². The van der Waals surface area contributed by atoms with Crippen molar-refractivity contribution in [1.82, 2.24) is 0 Å². The summed E-state index contributed by atoms with van der Waals surface area (Å²) in [5, 5.41) is -0.373. The van der Waals surface area contributed by atoms with Crippen LogP contribution in [0.25, 0.3) is 0 Å². The van der Waals surface area contributed by atoms with Crippen molar-refractivity contribution in [1.29, 1.82) is 0 Å². The lowest BCUT2D eigenvalue weighted by Crippen LogP contribution is -2.28. The quantitative estimate of drug-likeness (QED) is 0.734. The highest BCUT2D eigenvalue weighted by Gasteiger charge is 2.37. The van der Waals surface area contributed by atoms with Crippen molar-refractivity contribution in [3.8, 4) is 0 Å². The van der Waals surface area contributed by atoms with Crippen LogP contribution in [0.4, 0.5) is 17.6 Å². The number of alkyl halides is 3. The third-order valence-corrected chi connectivity index (χ3v) is 1.95. The summed E-state index contributed by atoms with van der Waals surface area (Å²) in [5.74, 6) is -0.773. The maximum atomic E-state index is 12.6. The molecule has 0 aliphatic heterocycles. The van der Waals surface area contributed by atoms with Gasteiger partial charge < -0.3 is 5.73 Å². The molecule has 0 amide bonds. The van der Waals surface area contributed by atoms with Gasteiger partial charge in [-0.25, -0.2) is 4.39 Å². The smallest absolute Gasteiger partial charge is 0.316 e. The monoisotopic (exact) mass is 227 g/mol. The van der Waals surface area contributed by atoms with Gasteiger partial charge in [0.1, 0.15) is 11.9 Å². The highest BCUT2D eigenvalue weighted by Crippen LogP contribution is 2.31. The predicted molar refractivity (Wildman–Crippen MR) is 44.4 cm³/mol. The Morgan fingerprint density at radius 1 is 1.29 bits per heavy atom. The van der Waals surface area contributed by atoms with E-state index < -0.39 is 18.0 Å². The third-order valence-electron chi connectivity index (χ3n) is 1.66. The minimum Gasteiger partial charge on any atom is -0.316 e. The number of benzene rings is 1. The average molecular weight is 228 g/mol. The first-order valence-corrected chi connectivity index (χ1v) is 3.97. The van der Waals surface area contributed by atoms with E-state index in [1.165, 1.54) is 0 Å². The molecule has 0 saturated heterocycles. The highest BCUT2D eigenvalue weighted by molar-refractivity contribution is 6.30. The van der Waals surface area contributed by atoms with Crippen LogP contribution in [0.5, 0.6) is 0 Å². The average Bonchev–Trinajstić information content (AvgIpc) is 2.07. The molecular formula is C8H6ClF4N. The third kappa shape index (κ3) is 2.36. The van der Waals surface area contributed by atoms with Crippen molar-refractivity contribution in [3.05, 3.63) is 34.6 Å². The van der Waals surface area contributed by atoms with E-state index in [9.17, 15) is 17.6 Å². The van der Waals surface area contributed by atoms with Gasteiger partial charge in [0.15, 0.2) is 0 Å². The summed E-state index contributed by atoms with van der Waals surface area (Å²) in [6, 6.07) is 0.540. The molecule has 0 unspecified atom stereocenters. The molecule has 0 heterocycles. The van der Waals surface area contributed by atoms with Crippen LogP contribution in [-0.4, -0.2) is 6.18 Å². The maximum Gasteiger partial charge on any atom is 0.407 e. The normalized spacial score (nSPS) is 14.1. The largest absolute Gasteiger partial charge is 0.407 e. The minimum atomic E-state index is -4.55. The summed E-state index contributed by atoms with van der Waals surface area (Å²) in [6.45, 7) is 0. The van der Waals surface area contributed by atoms with Crippen LogP contribution in [0.3, 0.4) is 0 Å². The zero-order valence-electron chi connectivity index (χ0n) is 6.78. The van der Waals surface area contributed by atoms with E-state index in [1.54, 1.807) is 0 Å².